The van der Waals surface area contributed by atoms with Crippen LogP contribution in [0.3, 0.4) is 0 Å². The molecule has 1 heterocycles. The number of aliphatic hydroxyl groups is 1. The van der Waals surface area contributed by atoms with E-state index in [9.17, 15) is 9.90 Å². The fraction of sp³-hybridized carbons (Fsp3) is 0.917. The predicted molar refractivity (Wildman–Crippen MR) is 63.9 cm³/mol. The van der Waals surface area contributed by atoms with Crippen molar-refractivity contribution >= 4 is 5.91 Å². The molecule has 0 aromatic rings. The number of aliphatic hydroxyl groups excluding tert-OH is 1. The van der Waals surface area contributed by atoms with Crippen LogP contribution in [0.1, 0.15) is 46.0 Å². The number of nitrogens with two attached hydrogens (primary N) is 1. The second-order valence-electron chi connectivity index (χ2n) is 5.41. The van der Waals surface area contributed by atoms with E-state index >= 15 is 0 Å². The summed E-state index contributed by atoms with van der Waals surface area (Å²) in [5.74, 6) is 0.136. The molecule has 0 spiro atoms. The van der Waals surface area contributed by atoms with Crippen molar-refractivity contribution in [2.75, 3.05) is 13.2 Å². The van der Waals surface area contributed by atoms with E-state index in [4.69, 9.17) is 5.73 Å². The molecule has 1 saturated heterocycles. The topological polar surface area (TPSA) is 66.6 Å². The largest absolute Gasteiger partial charge is 0.394 e. The Morgan fingerprint density at radius 1 is 1.50 bits per heavy atom. The van der Waals surface area contributed by atoms with Crippen molar-refractivity contribution in [3.05, 3.63) is 0 Å². The van der Waals surface area contributed by atoms with Gasteiger partial charge in [-0.3, -0.25) is 4.79 Å². The maximum atomic E-state index is 12.0. The molecule has 1 amide bonds. The third kappa shape index (κ3) is 4.10. The fourth-order valence-electron chi connectivity index (χ4n) is 2.09. The quantitative estimate of drug-likeness (QED) is 0.750. The number of hydrogen-bond donors (Lipinski definition) is 2. The lowest BCUT2D eigenvalue weighted by Gasteiger charge is -2.35. The van der Waals surface area contributed by atoms with Gasteiger partial charge in [0.05, 0.1) is 12.6 Å². The fourth-order valence-corrected chi connectivity index (χ4v) is 2.09. The second-order valence-corrected chi connectivity index (χ2v) is 5.41. The minimum atomic E-state index is -0.292. The summed E-state index contributed by atoms with van der Waals surface area (Å²) in [6.07, 6.45) is 4.26. The van der Waals surface area contributed by atoms with Crippen LogP contribution in [0.25, 0.3) is 0 Å². The first-order valence-electron chi connectivity index (χ1n) is 6.13. The zero-order valence-corrected chi connectivity index (χ0v) is 10.4. The molecule has 1 aliphatic heterocycles. The third-order valence-corrected chi connectivity index (χ3v) is 3.14. The Labute approximate surface area is 97.8 Å². The van der Waals surface area contributed by atoms with Crippen LogP contribution in [-0.4, -0.2) is 40.6 Å². The Bertz CT molecular complexity index is 236. The maximum Gasteiger partial charge on any atom is 0.222 e. The van der Waals surface area contributed by atoms with E-state index in [1.807, 2.05) is 18.7 Å². The summed E-state index contributed by atoms with van der Waals surface area (Å²) in [5, 5.41) is 9.22. The van der Waals surface area contributed by atoms with E-state index in [2.05, 4.69) is 0 Å². The van der Waals surface area contributed by atoms with Gasteiger partial charge in [-0.2, -0.15) is 0 Å². The van der Waals surface area contributed by atoms with Crippen LogP contribution < -0.4 is 5.73 Å². The lowest BCUT2D eigenvalue weighted by Crippen LogP contribution is -2.46. The van der Waals surface area contributed by atoms with Crippen LogP contribution in [-0.2, 0) is 4.79 Å². The van der Waals surface area contributed by atoms with Gasteiger partial charge < -0.3 is 15.7 Å². The molecule has 0 bridgehead atoms. The van der Waals surface area contributed by atoms with Gasteiger partial charge in [0.15, 0.2) is 0 Å². The molecule has 3 N–H and O–H groups in total. The van der Waals surface area contributed by atoms with Crippen LogP contribution in [0.2, 0.25) is 0 Å². The number of piperidine rings is 1. The van der Waals surface area contributed by atoms with Crippen LogP contribution in [0.15, 0.2) is 0 Å². The van der Waals surface area contributed by atoms with Gasteiger partial charge in [0.1, 0.15) is 0 Å². The van der Waals surface area contributed by atoms with Crippen molar-refractivity contribution in [3.63, 3.8) is 0 Å². The summed E-state index contributed by atoms with van der Waals surface area (Å²) < 4.78 is 0. The van der Waals surface area contributed by atoms with Crippen LogP contribution in [0.5, 0.6) is 0 Å². The highest BCUT2D eigenvalue weighted by molar-refractivity contribution is 5.76. The first-order chi connectivity index (χ1) is 7.44. The molecule has 16 heavy (non-hydrogen) atoms. The van der Waals surface area contributed by atoms with Gasteiger partial charge in [-0.25, -0.2) is 0 Å². The third-order valence-electron chi connectivity index (χ3n) is 3.14. The molecule has 4 heteroatoms. The Morgan fingerprint density at radius 3 is 2.75 bits per heavy atom. The van der Waals surface area contributed by atoms with Gasteiger partial charge in [0, 0.05) is 18.5 Å². The molecule has 0 aliphatic carbocycles. The number of rotatable bonds is 4. The molecule has 1 fully saturated rings. The molecule has 1 rings (SSSR count). The molecule has 0 aromatic carbocycles. The lowest BCUT2D eigenvalue weighted by molar-refractivity contribution is -0.136. The number of nitrogens with zero attached hydrogens (tertiary/aromatic N) is 1. The number of likely N-dealkylation sites (tertiary alicyclic amines) is 1. The molecule has 0 saturated carbocycles. The molecular formula is C12H24N2O2. The monoisotopic (exact) mass is 228 g/mol. The zero-order valence-electron chi connectivity index (χ0n) is 10.4. The first kappa shape index (κ1) is 13.5. The van der Waals surface area contributed by atoms with E-state index in [-0.39, 0.29) is 24.1 Å². The summed E-state index contributed by atoms with van der Waals surface area (Å²) >= 11 is 0. The standard InChI is InChI=1S/C12H24N2O2/c1-12(2,13)7-6-11(16)14-8-4-3-5-10(14)9-15/h10,15H,3-9,13H2,1-2H3. The average Bonchev–Trinajstić information content (AvgIpc) is 2.25. The van der Waals surface area contributed by atoms with Crippen molar-refractivity contribution in [3.8, 4) is 0 Å². The summed E-state index contributed by atoms with van der Waals surface area (Å²) in [7, 11) is 0. The van der Waals surface area contributed by atoms with Crippen molar-refractivity contribution in [2.45, 2.75) is 57.5 Å². The van der Waals surface area contributed by atoms with Gasteiger partial charge >= 0.3 is 0 Å². The van der Waals surface area contributed by atoms with E-state index in [1.165, 1.54) is 0 Å². The Kier molecular flexibility index (Phi) is 4.74. The van der Waals surface area contributed by atoms with Crippen molar-refractivity contribution in [1.29, 1.82) is 0 Å². The molecule has 94 valence electrons. The lowest BCUT2D eigenvalue weighted by atomic mass is 9.97. The molecule has 4 nitrogen and oxygen atoms in total. The SMILES string of the molecule is CC(C)(N)CCC(=O)N1CCCCC1CO. The van der Waals surface area contributed by atoms with Crippen LogP contribution >= 0.6 is 0 Å². The van der Waals surface area contributed by atoms with Gasteiger partial charge in [-0.15, -0.1) is 0 Å². The van der Waals surface area contributed by atoms with Crippen molar-refractivity contribution in [1.82, 2.24) is 4.90 Å². The summed E-state index contributed by atoms with van der Waals surface area (Å²) in [6, 6.07) is 0.0298. The first-order valence-corrected chi connectivity index (χ1v) is 6.13. The Balaban J connectivity index is 2.45. The Morgan fingerprint density at radius 2 is 2.19 bits per heavy atom. The highest BCUT2D eigenvalue weighted by Gasteiger charge is 2.26. The number of amides is 1. The molecule has 1 aliphatic rings. The van der Waals surface area contributed by atoms with Gasteiger partial charge in [-0.1, -0.05) is 0 Å². The van der Waals surface area contributed by atoms with E-state index in [0.717, 1.165) is 25.8 Å². The average molecular weight is 228 g/mol. The molecule has 0 aromatic heterocycles. The normalized spacial score (nSPS) is 22.2. The predicted octanol–water partition coefficient (Wildman–Crippen LogP) is 0.877. The smallest absolute Gasteiger partial charge is 0.222 e. The minimum Gasteiger partial charge on any atom is -0.394 e. The van der Waals surface area contributed by atoms with Crippen LogP contribution in [0.4, 0.5) is 0 Å². The zero-order chi connectivity index (χ0) is 12.2. The summed E-state index contributed by atoms with van der Waals surface area (Å²) in [4.78, 5) is 13.8. The van der Waals surface area contributed by atoms with Crippen LogP contribution in [0, 0.1) is 0 Å². The van der Waals surface area contributed by atoms with E-state index in [0.29, 0.717) is 12.8 Å². The maximum absolute atomic E-state index is 12.0. The van der Waals surface area contributed by atoms with Gasteiger partial charge in [0.2, 0.25) is 5.91 Å². The van der Waals surface area contributed by atoms with Gasteiger partial charge in [0.25, 0.3) is 0 Å². The molecular weight excluding hydrogens is 204 g/mol. The second kappa shape index (κ2) is 5.64. The molecule has 1 atom stereocenters. The molecule has 1 unspecified atom stereocenters. The highest BCUT2D eigenvalue weighted by atomic mass is 16.3. The van der Waals surface area contributed by atoms with Crippen molar-refractivity contribution < 1.29 is 9.90 Å². The highest BCUT2D eigenvalue weighted by Crippen LogP contribution is 2.19. The number of carbonyl (C=O) groups is 1. The summed E-state index contributed by atoms with van der Waals surface area (Å²) in [6.45, 7) is 4.73. The minimum absolute atomic E-state index is 0.0298. The number of carbonyl (C=O) groups excluding carboxylic acids is 1. The van der Waals surface area contributed by atoms with Crippen molar-refractivity contribution in [2.24, 2.45) is 5.73 Å². The summed E-state index contributed by atoms with van der Waals surface area (Å²) in [5.41, 5.74) is 5.57. The molecule has 0 radical (unpaired) electrons. The van der Waals surface area contributed by atoms with E-state index < -0.39 is 0 Å². The Hall–Kier alpha value is -0.610. The van der Waals surface area contributed by atoms with E-state index in [1.54, 1.807) is 0 Å². The van der Waals surface area contributed by atoms with Gasteiger partial charge in [-0.05, 0) is 39.5 Å². The number of hydrogen-bond acceptors (Lipinski definition) is 3.